The van der Waals surface area contributed by atoms with Gasteiger partial charge in [-0.15, -0.1) is 0 Å². The quantitative estimate of drug-likeness (QED) is 0.280. The summed E-state index contributed by atoms with van der Waals surface area (Å²) < 4.78 is 8.58. The lowest BCUT2D eigenvalue weighted by molar-refractivity contribution is 0.321. The lowest BCUT2D eigenvalue weighted by Crippen LogP contribution is -2.44. The number of nitrogens with zero attached hydrogens (tertiary/aromatic N) is 1. The van der Waals surface area contributed by atoms with E-state index in [2.05, 4.69) is 69.3 Å². The molecule has 0 aliphatic rings. The molecule has 0 spiro atoms. The number of halogens is 3. The first kappa shape index (κ1) is 26.0. The second-order valence-electron chi connectivity index (χ2n) is 9.51. The molecule has 4 aromatic rings. The SMILES string of the molecule is CC(C)(C)c1c(Cl)c(CO[SiH](c2ccccc2)c2ccccc2)cc(-n2c(Cl)ccc2CN)c1Cl. The summed E-state index contributed by atoms with van der Waals surface area (Å²) in [5.74, 6) is 0. The highest BCUT2D eigenvalue weighted by molar-refractivity contribution is 6.80. The van der Waals surface area contributed by atoms with Crippen molar-refractivity contribution in [1.82, 2.24) is 4.57 Å². The van der Waals surface area contributed by atoms with Gasteiger partial charge in [0.15, 0.2) is 0 Å². The molecule has 4 rings (SSSR count). The average molecular weight is 544 g/mol. The van der Waals surface area contributed by atoms with Gasteiger partial charge in [-0.3, -0.25) is 0 Å². The first-order chi connectivity index (χ1) is 16.7. The molecule has 0 saturated carbocycles. The van der Waals surface area contributed by atoms with Crippen molar-refractivity contribution < 1.29 is 4.43 Å². The minimum Gasteiger partial charge on any atom is -0.407 e. The molecule has 2 N–H and O–H groups in total. The van der Waals surface area contributed by atoms with Gasteiger partial charge in [0.2, 0.25) is 9.04 Å². The minimum absolute atomic E-state index is 0.295. The highest BCUT2D eigenvalue weighted by Gasteiger charge is 2.28. The Labute approximate surface area is 224 Å². The summed E-state index contributed by atoms with van der Waals surface area (Å²) in [5, 5.41) is 4.15. The van der Waals surface area contributed by atoms with Crippen LogP contribution in [-0.2, 0) is 23.0 Å². The summed E-state index contributed by atoms with van der Waals surface area (Å²) in [6.07, 6.45) is 0. The fourth-order valence-corrected chi connectivity index (χ4v) is 7.87. The van der Waals surface area contributed by atoms with Crippen molar-refractivity contribution in [3.63, 3.8) is 0 Å². The van der Waals surface area contributed by atoms with Gasteiger partial charge in [-0.1, -0.05) is 116 Å². The van der Waals surface area contributed by atoms with E-state index in [1.807, 2.05) is 34.9 Å². The maximum Gasteiger partial charge on any atom is 0.240 e. The molecular weight excluding hydrogens is 515 g/mol. The second-order valence-corrected chi connectivity index (χ2v) is 13.1. The minimum atomic E-state index is -1.96. The zero-order chi connectivity index (χ0) is 25.2. The van der Waals surface area contributed by atoms with Crippen LogP contribution in [0.5, 0.6) is 0 Å². The number of hydrogen-bond donors (Lipinski definition) is 1. The van der Waals surface area contributed by atoms with Crippen molar-refractivity contribution in [3.8, 4) is 5.69 Å². The van der Waals surface area contributed by atoms with Crippen LogP contribution in [0.2, 0.25) is 15.2 Å². The van der Waals surface area contributed by atoms with Crippen LogP contribution in [0.4, 0.5) is 0 Å². The van der Waals surface area contributed by atoms with Gasteiger partial charge < -0.3 is 14.7 Å². The highest BCUT2D eigenvalue weighted by Crippen LogP contribution is 2.42. The summed E-state index contributed by atoms with van der Waals surface area (Å²) in [5.41, 5.74) is 9.06. The van der Waals surface area contributed by atoms with Gasteiger partial charge in [0.05, 0.1) is 22.3 Å². The Balaban J connectivity index is 1.81. The van der Waals surface area contributed by atoms with Gasteiger partial charge >= 0.3 is 0 Å². The number of aromatic nitrogens is 1. The number of benzene rings is 3. The lowest BCUT2D eigenvalue weighted by Gasteiger charge is -2.27. The molecule has 3 nitrogen and oxygen atoms in total. The van der Waals surface area contributed by atoms with Gasteiger partial charge in [-0.2, -0.15) is 0 Å². The third-order valence-electron chi connectivity index (χ3n) is 5.98. The van der Waals surface area contributed by atoms with Gasteiger partial charge in [-0.05, 0) is 45.1 Å². The molecule has 7 heteroatoms. The summed E-state index contributed by atoms with van der Waals surface area (Å²) >= 11 is 20.6. The molecule has 0 unspecified atom stereocenters. The Kier molecular flexibility index (Phi) is 8.11. The molecule has 0 fully saturated rings. The molecule has 1 aromatic heterocycles. The number of hydrogen-bond acceptors (Lipinski definition) is 2. The second kappa shape index (κ2) is 10.9. The van der Waals surface area contributed by atoms with E-state index in [1.54, 1.807) is 0 Å². The fourth-order valence-electron chi connectivity index (χ4n) is 4.30. The maximum absolute atomic E-state index is 7.01. The topological polar surface area (TPSA) is 40.2 Å². The monoisotopic (exact) mass is 542 g/mol. The number of nitrogens with two attached hydrogens (primary N) is 1. The van der Waals surface area contributed by atoms with E-state index in [0.717, 1.165) is 22.5 Å². The lowest BCUT2D eigenvalue weighted by atomic mass is 9.85. The van der Waals surface area contributed by atoms with Crippen LogP contribution in [0, 0.1) is 0 Å². The predicted octanol–water partition coefficient (Wildman–Crippen LogP) is 6.25. The van der Waals surface area contributed by atoms with Crippen molar-refractivity contribution in [2.45, 2.75) is 39.3 Å². The molecular formula is C28H29Cl3N2OSi. The summed E-state index contributed by atoms with van der Waals surface area (Å²) in [6, 6.07) is 26.5. The third-order valence-corrected chi connectivity index (χ3v) is 9.57. The first-order valence-electron chi connectivity index (χ1n) is 11.5. The van der Waals surface area contributed by atoms with E-state index in [4.69, 9.17) is 45.0 Å². The molecule has 0 bridgehead atoms. The molecule has 3 aromatic carbocycles. The molecule has 0 saturated heterocycles. The maximum atomic E-state index is 7.01. The molecule has 1 heterocycles. The first-order valence-corrected chi connectivity index (χ1v) is 14.3. The van der Waals surface area contributed by atoms with E-state index in [1.165, 1.54) is 10.4 Å². The Hall–Kier alpha value is -2.05. The Morgan fingerprint density at radius 2 is 1.40 bits per heavy atom. The molecule has 0 aliphatic carbocycles. The number of rotatable bonds is 7. The van der Waals surface area contributed by atoms with Crippen LogP contribution >= 0.6 is 34.8 Å². The Bertz CT molecular complexity index is 1260. The van der Waals surface area contributed by atoms with Crippen LogP contribution in [0.1, 0.15) is 37.6 Å². The Morgan fingerprint density at radius 3 is 1.91 bits per heavy atom. The van der Waals surface area contributed by atoms with E-state index in [-0.39, 0.29) is 5.41 Å². The van der Waals surface area contributed by atoms with E-state index >= 15 is 0 Å². The molecule has 0 atom stereocenters. The largest absolute Gasteiger partial charge is 0.407 e. The molecule has 35 heavy (non-hydrogen) atoms. The summed E-state index contributed by atoms with van der Waals surface area (Å²) in [7, 11) is -1.96. The zero-order valence-electron chi connectivity index (χ0n) is 20.1. The van der Waals surface area contributed by atoms with E-state index < -0.39 is 9.04 Å². The predicted molar refractivity (Wildman–Crippen MR) is 151 cm³/mol. The van der Waals surface area contributed by atoms with Crippen LogP contribution in [-0.4, -0.2) is 13.6 Å². The van der Waals surface area contributed by atoms with Gasteiger partial charge in [0.25, 0.3) is 0 Å². The molecule has 0 radical (unpaired) electrons. The summed E-state index contributed by atoms with van der Waals surface area (Å²) in [4.78, 5) is 0. The van der Waals surface area contributed by atoms with Crippen molar-refractivity contribution in [2.24, 2.45) is 5.73 Å². The smallest absolute Gasteiger partial charge is 0.240 e. The van der Waals surface area contributed by atoms with Gasteiger partial charge in [0, 0.05) is 12.2 Å². The van der Waals surface area contributed by atoms with Crippen LogP contribution < -0.4 is 16.1 Å². The van der Waals surface area contributed by atoms with Crippen molar-refractivity contribution >= 4 is 54.2 Å². The van der Waals surface area contributed by atoms with Crippen LogP contribution in [0.3, 0.4) is 0 Å². The van der Waals surface area contributed by atoms with E-state index in [0.29, 0.717) is 28.4 Å². The molecule has 182 valence electrons. The molecule has 0 amide bonds. The Morgan fingerprint density at radius 1 is 0.829 bits per heavy atom. The van der Waals surface area contributed by atoms with Crippen molar-refractivity contribution in [3.05, 3.63) is 111 Å². The van der Waals surface area contributed by atoms with Gasteiger partial charge in [-0.25, -0.2) is 0 Å². The average Bonchev–Trinajstić information content (AvgIpc) is 3.21. The fraction of sp³-hybridized carbons (Fsp3) is 0.214. The van der Waals surface area contributed by atoms with Crippen LogP contribution in [0.25, 0.3) is 5.69 Å². The van der Waals surface area contributed by atoms with Gasteiger partial charge in [0.1, 0.15) is 5.15 Å². The normalized spacial score (nSPS) is 11.9. The molecule has 0 aliphatic heterocycles. The highest BCUT2D eigenvalue weighted by atomic mass is 35.5. The van der Waals surface area contributed by atoms with E-state index in [9.17, 15) is 0 Å². The third kappa shape index (κ3) is 5.53. The zero-order valence-corrected chi connectivity index (χ0v) is 23.5. The van der Waals surface area contributed by atoms with Crippen molar-refractivity contribution in [1.29, 1.82) is 0 Å². The summed E-state index contributed by atoms with van der Waals surface area (Å²) in [6.45, 7) is 6.98. The van der Waals surface area contributed by atoms with Crippen molar-refractivity contribution in [2.75, 3.05) is 0 Å². The van der Waals surface area contributed by atoms with Crippen LogP contribution in [0.15, 0.2) is 78.9 Å². The standard InChI is InChI=1S/C28H29Cl3N2OSi/c1-28(2,3)25-26(30)19(16-23(27(25)31)33-20(17-32)14-15-24(33)29)18-34-35(21-10-6-4-7-11-21)22-12-8-5-9-13-22/h4-16,35H,17-18,32H2,1-3H3.